The zero-order valence-electron chi connectivity index (χ0n) is 10.9. The van der Waals surface area contributed by atoms with Gasteiger partial charge in [-0.3, -0.25) is 4.79 Å². The highest BCUT2D eigenvalue weighted by Gasteiger charge is 2.06. The summed E-state index contributed by atoms with van der Waals surface area (Å²) in [6.45, 7) is -2.52. The van der Waals surface area contributed by atoms with Crippen LogP contribution < -0.4 is 10.1 Å². The van der Waals surface area contributed by atoms with Gasteiger partial charge in [-0.25, -0.2) is 0 Å². The minimum atomic E-state index is -2.84. The van der Waals surface area contributed by atoms with Gasteiger partial charge in [-0.15, -0.1) is 0 Å². The highest BCUT2D eigenvalue weighted by atomic mass is 127. The summed E-state index contributed by atoms with van der Waals surface area (Å²) in [4.78, 5) is 11.9. The Kier molecular flexibility index (Phi) is 5.49. The van der Waals surface area contributed by atoms with Gasteiger partial charge in [0.1, 0.15) is 5.75 Å². The number of hydrogen-bond donors (Lipinski definition) is 1. The van der Waals surface area contributed by atoms with Gasteiger partial charge in [-0.2, -0.15) is 8.78 Å². The van der Waals surface area contributed by atoms with Crippen LogP contribution in [0.15, 0.2) is 48.5 Å². The molecule has 0 aliphatic rings. The molecule has 2 rings (SSSR count). The fourth-order valence-electron chi connectivity index (χ4n) is 1.70. The second-order valence-corrected chi connectivity index (χ2v) is 5.46. The van der Waals surface area contributed by atoms with E-state index in [2.05, 4.69) is 32.6 Å². The van der Waals surface area contributed by atoms with Gasteiger partial charge in [0, 0.05) is 15.7 Å². The van der Waals surface area contributed by atoms with Crippen LogP contribution in [0.4, 0.5) is 8.78 Å². The maximum absolute atomic E-state index is 12.0. The SMILES string of the molecule is O=C(NCc1ccc(OC(F)F)cc1)c1cccc(I)c1. The molecule has 0 atom stereocenters. The molecule has 0 spiro atoms. The fraction of sp³-hybridized carbons (Fsp3) is 0.133. The van der Waals surface area contributed by atoms with Crippen molar-refractivity contribution in [3.05, 3.63) is 63.2 Å². The van der Waals surface area contributed by atoms with Crippen molar-refractivity contribution in [2.45, 2.75) is 13.2 Å². The molecule has 0 saturated carbocycles. The number of amides is 1. The summed E-state index contributed by atoms with van der Waals surface area (Å²) in [5.74, 6) is -0.0842. The van der Waals surface area contributed by atoms with Crippen LogP contribution in [0.2, 0.25) is 0 Å². The van der Waals surface area contributed by atoms with Gasteiger partial charge in [0.05, 0.1) is 0 Å². The minimum absolute atomic E-state index is 0.0951. The minimum Gasteiger partial charge on any atom is -0.435 e. The van der Waals surface area contributed by atoms with Crippen molar-refractivity contribution in [3.8, 4) is 5.75 Å². The van der Waals surface area contributed by atoms with Crippen LogP contribution in [-0.2, 0) is 6.54 Å². The predicted molar refractivity (Wildman–Crippen MR) is 83.4 cm³/mol. The molecule has 1 amide bonds. The van der Waals surface area contributed by atoms with E-state index < -0.39 is 6.61 Å². The number of benzene rings is 2. The molecular weight excluding hydrogens is 391 g/mol. The Hall–Kier alpha value is -1.70. The van der Waals surface area contributed by atoms with Gasteiger partial charge in [0.2, 0.25) is 0 Å². The van der Waals surface area contributed by atoms with Gasteiger partial charge in [0.15, 0.2) is 0 Å². The topological polar surface area (TPSA) is 38.3 Å². The quantitative estimate of drug-likeness (QED) is 0.772. The lowest BCUT2D eigenvalue weighted by atomic mass is 10.2. The van der Waals surface area contributed by atoms with Gasteiger partial charge < -0.3 is 10.1 Å². The molecule has 0 heterocycles. The molecule has 6 heteroatoms. The van der Waals surface area contributed by atoms with Crippen LogP contribution >= 0.6 is 22.6 Å². The van der Waals surface area contributed by atoms with Crippen LogP contribution in [0.25, 0.3) is 0 Å². The summed E-state index contributed by atoms with van der Waals surface area (Å²) in [5.41, 5.74) is 1.38. The molecule has 0 aliphatic heterocycles. The van der Waals surface area contributed by atoms with Crippen LogP contribution in [0.3, 0.4) is 0 Å². The number of carbonyl (C=O) groups excluding carboxylic acids is 1. The second kappa shape index (κ2) is 7.35. The average molecular weight is 403 g/mol. The maximum atomic E-state index is 12.0. The lowest BCUT2D eigenvalue weighted by molar-refractivity contribution is -0.0498. The van der Waals surface area contributed by atoms with E-state index in [0.29, 0.717) is 12.1 Å². The van der Waals surface area contributed by atoms with Gasteiger partial charge in [-0.05, 0) is 58.5 Å². The molecule has 0 aliphatic carbocycles. The predicted octanol–water partition coefficient (Wildman–Crippen LogP) is 3.82. The van der Waals surface area contributed by atoms with Crippen LogP contribution in [-0.4, -0.2) is 12.5 Å². The molecule has 0 unspecified atom stereocenters. The third kappa shape index (κ3) is 4.96. The number of alkyl halides is 2. The van der Waals surface area contributed by atoms with E-state index in [1.54, 1.807) is 24.3 Å². The van der Waals surface area contributed by atoms with Crippen molar-refractivity contribution in [1.29, 1.82) is 0 Å². The molecule has 3 nitrogen and oxygen atoms in total. The third-order valence-corrected chi connectivity index (χ3v) is 3.36. The summed E-state index contributed by atoms with van der Waals surface area (Å²) in [6, 6.07) is 13.4. The maximum Gasteiger partial charge on any atom is 0.387 e. The van der Waals surface area contributed by atoms with Crippen LogP contribution in [0, 0.1) is 3.57 Å². The first kappa shape index (κ1) is 15.7. The van der Waals surface area contributed by atoms with Crippen molar-refractivity contribution in [2.24, 2.45) is 0 Å². The molecule has 0 fully saturated rings. The first-order chi connectivity index (χ1) is 10.0. The molecule has 0 bridgehead atoms. The van der Waals surface area contributed by atoms with Gasteiger partial charge in [0.25, 0.3) is 5.91 Å². The van der Waals surface area contributed by atoms with E-state index in [0.717, 1.165) is 9.13 Å². The average Bonchev–Trinajstić information content (AvgIpc) is 2.45. The number of hydrogen-bond acceptors (Lipinski definition) is 2. The molecule has 0 radical (unpaired) electrons. The number of rotatable bonds is 5. The summed E-state index contributed by atoms with van der Waals surface area (Å²) in [5, 5.41) is 2.77. The lowest BCUT2D eigenvalue weighted by Gasteiger charge is -2.07. The Morgan fingerprint density at radius 3 is 2.52 bits per heavy atom. The Morgan fingerprint density at radius 2 is 1.90 bits per heavy atom. The number of nitrogens with one attached hydrogen (secondary N) is 1. The highest BCUT2D eigenvalue weighted by Crippen LogP contribution is 2.15. The van der Waals surface area contributed by atoms with E-state index in [1.165, 1.54) is 12.1 Å². The van der Waals surface area contributed by atoms with Crippen molar-refractivity contribution in [3.63, 3.8) is 0 Å². The Balaban J connectivity index is 1.92. The van der Waals surface area contributed by atoms with E-state index in [9.17, 15) is 13.6 Å². The third-order valence-electron chi connectivity index (χ3n) is 2.69. The standard InChI is InChI=1S/C15H12F2INO2/c16-15(17)21-13-6-4-10(5-7-13)9-19-14(20)11-2-1-3-12(18)8-11/h1-8,15H,9H2,(H,19,20). The Labute approximate surface area is 134 Å². The van der Waals surface area contributed by atoms with E-state index in [1.807, 2.05) is 12.1 Å². The first-order valence-corrected chi connectivity index (χ1v) is 7.20. The largest absolute Gasteiger partial charge is 0.435 e. The molecule has 0 aromatic heterocycles. The molecular formula is C15H12F2INO2. The van der Waals surface area contributed by atoms with E-state index in [4.69, 9.17) is 0 Å². The molecule has 2 aromatic rings. The monoisotopic (exact) mass is 403 g/mol. The van der Waals surface area contributed by atoms with Crippen LogP contribution in [0.5, 0.6) is 5.75 Å². The summed E-state index contributed by atoms with van der Waals surface area (Å²) in [6.07, 6.45) is 0. The zero-order chi connectivity index (χ0) is 15.2. The van der Waals surface area contributed by atoms with Crippen LogP contribution in [0.1, 0.15) is 15.9 Å². The summed E-state index contributed by atoms with van der Waals surface area (Å²) >= 11 is 2.14. The van der Waals surface area contributed by atoms with Gasteiger partial charge in [-0.1, -0.05) is 18.2 Å². The second-order valence-electron chi connectivity index (χ2n) is 4.22. The van der Waals surface area contributed by atoms with Crippen molar-refractivity contribution < 1.29 is 18.3 Å². The zero-order valence-corrected chi connectivity index (χ0v) is 13.0. The smallest absolute Gasteiger partial charge is 0.387 e. The number of carbonyl (C=O) groups is 1. The molecule has 21 heavy (non-hydrogen) atoms. The Morgan fingerprint density at radius 1 is 1.19 bits per heavy atom. The Bertz CT molecular complexity index is 617. The number of ether oxygens (including phenoxy) is 1. The molecule has 2 aromatic carbocycles. The first-order valence-electron chi connectivity index (χ1n) is 6.12. The lowest BCUT2D eigenvalue weighted by Crippen LogP contribution is -2.22. The van der Waals surface area contributed by atoms with Crippen molar-refractivity contribution >= 4 is 28.5 Å². The van der Waals surface area contributed by atoms with Crippen molar-refractivity contribution in [1.82, 2.24) is 5.32 Å². The molecule has 0 saturated heterocycles. The summed E-state index contributed by atoms with van der Waals surface area (Å²) < 4.78 is 29.3. The highest BCUT2D eigenvalue weighted by molar-refractivity contribution is 14.1. The van der Waals surface area contributed by atoms with E-state index >= 15 is 0 Å². The van der Waals surface area contributed by atoms with Crippen molar-refractivity contribution in [2.75, 3.05) is 0 Å². The van der Waals surface area contributed by atoms with Gasteiger partial charge >= 0.3 is 6.61 Å². The summed E-state index contributed by atoms with van der Waals surface area (Å²) in [7, 11) is 0. The number of halogens is 3. The molecule has 1 N–H and O–H groups in total. The molecule has 110 valence electrons. The normalized spacial score (nSPS) is 10.5. The fourth-order valence-corrected chi connectivity index (χ4v) is 2.25. The van der Waals surface area contributed by atoms with E-state index in [-0.39, 0.29) is 11.7 Å².